The topological polar surface area (TPSA) is 78.5 Å². The lowest BCUT2D eigenvalue weighted by Crippen LogP contribution is -2.37. The fourth-order valence-corrected chi connectivity index (χ4v) is 1.45. The van der Waals surface area contributed by atoms with E-state index >= 15 is 0 Å². The summed E-state index contributed by atoms with van der Waals surface area (Å²) in [6.45, 7) is 9.95. The van der Waals surface area contributed by atoms with Crippen molar-refractivity contribution in [2.45, 2.75) is 33.5 Å². The molecule has 0 aromatic carbocycles. The van der Waals surface area contributed by atoms with Gasteiger partial charge >= 0.3 is 6.09 Å². The summed E-state index contributed by atoms with van der Waals surface area (Å²) >= 11 is 0. The highest BCUT2D eigenvalue weighted by Gasteiger charge is 2.06. The molecule has 6 heteroatoms. The number of rotatable bonds is 3. The third kappa shape index (κ3) is 20.6. The minimum absolute atomic E-state index is 0.221. The first-order valence-corrected chi connectivity index (χ1v) is 8.77. The molecule has 5 nitrogen and oxygen atoms in total. The minimum Gasteiger partial charge on any atom is -0.548 e. The lowest BCUT2D eigenvalue weighted by molar-refractivity contribution is -0.303. The standard InChI is InChI=1S/C6H12Si.C5H9NO4/c1-5-6-7(2,3)4;1-2-10-5(9)6-3-4(7)8/h1-4H3;2-3H2,1H3,(H,6,9)(H,7,8)/p-1. The first-order chi connectivity index (χ1) is 7.72. The van der Waals surface area contributed by atoms with Crippen LogP contribution in [-0.4, -0.2) is 33.3 Å². The molecule has 0 saturated heterocycles. The smallest absolute Gasteiger partial charge is 0.407 e. The van der Waals surface area contributed by atoms with Gasteiger partial charge in [0.15, 0.2) is 0 Å². The second-order valence-corrected chi connectivity index (χ2v) is 8.82. The predicted molar refractivity (Wildman–Crippen MR) is 66.8 cm³/mol. The quantitative estimate of drug-likeness (QED) is 0.586. The zero-order chi connectivity index (χ0) is 13.9. The molecule has 0 aliphatic rings. The second-order valence-electron chi connectivity index (χ2n) is 4.07. The zero-order valence-corrected chi connectivity index (χ0v) is 12.0. The molecule has 0 atom stereocenters. The van der Waals surface area contributed by atoms with Gasteiger partial charge < -0.3 is 20.0 Å². The Kier molecular flexibility index (Phi) is 10.2. The number of carboxylic acids is 1. The number of alkyl carbamates (subject to hydrolysis) is 1. The zero-order valence-electron chi connectivity index (χ0n) is 11.0. The van der Waals surface area contributed by atoms with E-state index in [1.165, 1.54) is 0 Å². The van der Waals surface area contributed by atoms with E-state index in [2.05, 4.69) is 35.8 Å². The number of hydrogen-bond acceptors (Lipinski definition) is 4. The molecule has 0 aliphatic heterocycles. The molecule has 17 heavy (non-hydrogen) atoms. The highest BCUT2D eigenvalue weighted by atomic mass is 28.3. The van der Waals surface area contributed by atoms with Crippen LogP contribution in [0.2, 0.25) is 19.6 Å². The van der Waals surface area contributed by atoms with Crippen LogP contribution in [-0.2, 0) is 9.53 Å². The molecule has 0 aliphatic carbocycles. The minimum atomic E-state index is -1.34. The number of carbonyl (C=O) groups excluding carboxylic acids is 2. The van der Waals surface area contributed by atoms with Gasteiger partial charge in [0.25, 0.3) is 0 Å². The third-order valence-electron chi connectivity index (χ3n) is 1.15. The van der Waals surface area contributed by atoms with E-state index in [9.17, 15) is 14.7 Å². The van der Waals surface area contributed by atoms with Gasteiger partial charge in [-0.15, -0.1) is 11.5 Å². The van der Waals surface area contributed by atoms with E-state index in [0.717, 1.165) is 0 Å². The van der Waals surface area contributed by atoms with Crippen molar-refractivity contribution in [3.05, 3.63) is 0 Å². The van der Waals surface area contributed by atoms with Gasteiger partial charge in [-0.2, -0.15) is 0 Å². The average Bonchev–Trinajstić information content (AvgIpc) is 2.14. The monoisotopic (exact) mass is 258 g/mol. The summed E-state index contributed by atoms with van der Waals surface area (Å²) in [7, 11) is -1.02. The fraction of sp³-hybridized carbons (Fsp3) is 0.636. The Morgan fingerprint density at radius 3 is 2.12 bits per heavy atom. The Labute approximate surface area is 104 Å². The molecule has 0 aromatic heterocycles. The number of amides is 1. The molecular weight excluding hydrogens is 238 g/mol. The van der Waals surface area contributed by atoms with E-state index in [0.29, 0.717) is 0 Å². The molecule has 0 heterocycles. The van der Waals surface area contributed by atoms with Crippen molar-refractivity contribution in [1.82, 2.24) is 5.32 Å². The van der Waals surface area contributed by atoms with Crippen molar-refractivity contribution >= 4 is 20.1 Å². The van der Waals surface area contributed by atoms with Gasteiger partial charge in [0.1, 0.15) is 8.07 Å². The maximum Gasteiger partial charge on any atom is 0.407 e. The summed E-state index contributed by atoms with van der Waals surface area (Å²) in [5.74, 6) is 1.58. The summed E-state index contributed by atoms with van der Waals surface area (Å²) in [6, 6.07) is 0. The van der Waals surface area contributed by atoms with E-state index < -0.39 is 26.7 Å². The molecule has 0 rings (SSSR count). The molecule has 1 N–H and O–H groups in total. The summed E-state index contributed by atoms with van der Waals surface area (Å²) in [5, 5.41) is 11.7. The van der Waals surface area contributed by atoms with Crippen molar-refractivity contribution < 1.29 is 19.4 Å². The van der Waals surface area contributed by atoms with Crippen LogP contribution in [0, 0.1) is 11.5 Å². The molecule has 0 unspecified atom stereocenters. The van der Waals surface area contributed by atoms with Crippen LogP contribution in [0.1, 0.15) is 13.8 Å². The van der Waals surface area contributed by atoms with Gasteiger partial charge in [0.05, 0.1) is 19.1 Å². The van der Waals surface area contributed by atoms with Crippen molar-refractivity contribution in [1.29, 1.82) is 0 Å². The van der Waals surface area contributed by atoms with Gasteiger partial charge in [-0.3, -0.25) is 0 Å². The SMILES string of the molecule is CC#C[Si](C)(C)C.CCOC(=O)NCC(=O)[O-]. The Balaban J connectivity index is 0. The number of carbonyl (C=O) groups is 2. The summed E-state index contributed by atoms with van der Waals surface area (Å²) < 4.78 is 4.35. The van der Waals surface area contributed by atoms with Gasteiger partial charge in [-0.05, 0) is 13.8 Å². The number of nitrogens with one attached hydrogen (secondary N) is 1. The van der Waals surface area contributed by atoms with E-state index in [1.54, 1.807) is 6.92 Å². The third-order valence-corrected chi connectivity index (χ3v) is 2.15. The Hall–Kier alpha value is -1.48. The lowest BCUT2D eigenvalue weighted by atomic mass is 10.7. The van der Waals surface area contributed by atoms with Crippen LogP contribution in [0.5, 0.6) is 0 Å². The number of hydrogen-bond donors (Lipinski definition) is 1. The van der Waals surface area contributed by atoms with Crippen molar-refractivity contribution in [2.24, 2.45) is 0 Å². The summed E-state index contributed by atoms with van der Waals surface area (Å²) in [6.07, 6.45) is -0.744. The van der Waals surface area contributed by atoms with Gasteiger partial charge in [0.2, 0.25) is 0 Å². The first-order valence-electron chi connectivity index (χ1n) is 5.27. The van der Waals surface area contributed by atoms with E-state index in [-0.39, 0.29) is 6.61 Å². The van der Waals surface area contributed by atoms with Crippen LogP contribution in [0.4, 0.5) is 4.79 Å². The van der Waals surface area contributed by atoms with Crippen LogP contribution in [0.25, 0.3) is 0 Å². The summed E-state index contributed by atoms with van der Waals surface area (Å²) in [5.41, 5.74) is 3.17. The fourth-order valence-electron chi connectivity index (χ4n) is 0.701. The van der Waals surface area contributed by atoms with Gasteiger partial charge in [-0.1, -0.05) is 19.6 Å². The maximum atomic E-state index is 10.3. The molecule has 0 saturated carbocycles. The van der Waals surface area contributed by atoms with Crippen molar-refractivity contribution in [3.63, 3.8) is 0 Å². The molecular formula is C11H20NO4Si-. The molecule has 0 aromatic rings. The Morgan fingerprint density at radius 1 is 1.35 bits per heavy atom. The summed E-state index contributed by atoms with van der Waals surface area (Å²) in [4.78, 5) is 20.0. The van der Waals surface area contributed by atoms with Crippen LogP contribution < -0.4 is 10.4 Å². The average molecular weight is 258 g/mol. The second kappa shape index (κ2) is 9.72. The molecule has 0 radical (unpaired) electrons. The maximum absolute atomic E-state index is 10.3. The highest BCUT2D eigenvalue weighted by molar-refractivity contribution is 6.83. The lowest BCUT2D eigenvalue weighted by Gasteiger charge is -2.04. The Morgan fingerprint density at radius 2 is 1.88 bits per heavy atom. The number of carboxylic acid groups (broad SMARTS) is 1. The van der Waals surface area contributed by atoms with E-state index in [1.807, 2.05) is 12.2 Å². The first kappa shape index (κ1) is 17.9. The molecule has 98 valence electrons. The van der Waals surface area contributed by atoms with Gasteiger partial charge in [0, 0.05) is 0 Å². The van der Waals surface area contributed by atoms with Crippen molar-refractivity contribution in [2.75, 3.05) is 13.2 Å². The largest absolute Gasteiger partial charge is 0.548 e. The van der Waals surface area contributed by atoms with Crippen LogP contribution >= 0.6 is 0 Å². The number of aliphatic carboxylic acids is 1. The number of ether oxygens (including phenoxy) is 1. The predicted octanol–water partition coefficient (Wildman–Crippen LogP) is 0.369. The van der Waals surface area contributed by atoms with Crippen LogP contribution in [0.3, 0.4) is 0 Å². The van der Waals surface area contributed by atoms with Crippen LogP contribution in [0.15, 0.2) is 0 Å². The Bertz CT molecular complexity index is 299. The normalized spacial score (nSPS) is 9.00. The highest BCUT2D eigenvalue weighted by Crippen LogP contribution is 1.95. The molecule has 1 amide bonds. The van der Waals surface area contributed by atoms with Crippen molar-refractivity contribution in [3.8, 4) is 11.5 Å². The van der Waals surface area contributed by atoms with E-state index in [4.69, 9.17) is 0 Å². The molecule has 0 fully saturated rings. The molecule has 0 bridgehead atoms. The van der Waals surface area contributed by atoms with Gasteiger partial charge in [-0.25, -0.2) is 4.79 Å². The molecule has 0 spiro atoms.